The van der Waals surface area contributed by atoms with Crippen LogP contribution in [0.1, 0.15) is 31.0 Å². The lowest BCUT2D eigenvalue weighted by Crippen LogP contribution is -2.47. The van der Waals surface area contributed by atoms with E-state index in [9.17, 15) is 0 Å². The molecule has 0 saturated carbocycles. The maximum absolute atomic E-state index is 3.77. The van der Waals surface area contributed by atoms with Gasteiger partial charge in [0.25, 0.3) is 0 Å². The van der Waals surface area contributed by atoms with Crippen LogP contribution < -0.4 is 5.32 Å². The van der Waals surface area contributed by atoms with Gasteiger partial charge in [0, 0.05) is 12.1 Å². The van der Waals surface area contributed by atoms with Gasteiger partial charge >= 0.3 is 0 Å². The van der Waals surface area contributed by atoms with Gasteiger partial charge in [0.1, 0.15) is 0 Å². The van der Waals surface area contributed by atoms with E-state index < -0.39 is 0 Å². The summed E-state index contributed by atoms with van der Waals surface area (Å²) < 4.78 is 0. The van der Waals surface area contributed by atoms with Gasteiger partial charge in [0.05, 0.1) is 6.04 Å². The van der Waals surface area contributed by atoms with E-state index in [2.05, 4.69) is 86.7 Å². The van der Waals surface area contributed by atoms with Crippen molar-refractivity contribution in [2.45, 2.75) is 25.4 Å². The van der Waals surface area contributed by atoms with E-state index in [0.717, 1.165) is 6.54 Å². The SMILES string of the molecule is CN(C)C(C)(C)CNC1c2ccccc2-c2ccccc21. The Labute approximate surface area is 127 Å². The molecule has 0 spiro atoms. The predicted molar refractivity (Wildman–Crippen MR) is 89.5 cm³/mol. The van der Waals surface area contributed by atoms with Crippen molar-refractivity contribution >= 4 is 0 Å². The number of fused-ring (bicyclic) bond motifs is 3. The van der Waals surface area contributed by atoms with Gasteiger partial charge in [0.15, 0.2) is 0 Å². The van der Waals surface area contributed by atoms with Gasteiger partial charge in [0.2, 0.25) is 0 Å². The molecule has 1 aliphatic rings. The third kappa shape index (κ3) is 2.50. The highest BCUT2D eigenvalue weighted by Gasteiger charge is 2.29. The predicted octanol–water partition coefficient (Wildman–Crippen LogP) is 3.69. The zero-order valence-corrected chi connectivity index (χ0v) is 13.4. The Morgan fingerprint density at radius 1 is 0.905 bits per heavy atom. The van der Waals surface area contributed by atoms with Crippen molar-refractivity contribution < 1.29 is 0 Å². The molecule has 0 saturated heterocycles. The molecule has 2 nitrogen and oxygen atoms in total. The van der Waals surface area contributed by atoms with Crippen molar-refractivity contribution in [2.75, 3.05) is 20.6 Å². The maximum atomic E-state index is 3.77. The minimum atomic E-state index is 0.131. The second-order valence-electron chi connectivity index (χ2n) is 6.70. The van der Waals surface area contributed by atoms with Crippen LogP contribution in [0.25, 0.3) is 11.1 Å². The molecular formula is C19H24N2. The van der Waals surface area contributed by atoms with Gasteiger partial charge in [-0.15, -0.1) is 0 Å². The lowest BCUT2D eigenvalue weighted by molar-refractivity contribution is 0.187. The molecule has 3 rings (SSSR count). The molecule has 0 fully saturated rings. The molecule has 0 aromatic heterocycles. The number of rotatable bonds is 4. The van der Waals surface area contributed by atoms with Crippen molar-refractivity contribution in [1.29, 1.82) is 0 Å². The molecule has 0 heterocycles. The van der Waals surface area contributed by atoms with Crippen LogP contribution in [-0.4, -0.2) is 31.1 Å². The lowest BCUT2D eigenvalue weighted by atomic mass is 10.0. The summed E-state index contributed by atoms with van der Waals surface area (Å²) in [6.07, 6.45) is 0. The summed E-state index contributed by atoms with van der Waals surface area (Å²) in [6.45, 7) is 5.49. The van der Waals surface area contributed by atoms with Crippen LogP contribution >= 0.6 is 0 Å². The third-order valence-corrected chi connectivity index (χ3v) is 4.78. The summed E-state index contributed by atoms with van der Waals surface area (Å²) in [6, 6.07) is 17.8. The summed E-state index contributed by atoms with van der Waals surface area (Å²) in [4.78, 5) is 2.27. The highest BCUT2D eigenvalue weighted by Crippen LogP contribution is 2.43. The van der Waals surface area contributed by atoms with E-state index in [4.69, 9.17) is 0 Å². The number of benzene rings is 2. The number of hydrogen-bond donors (Lipinski definition) is 1. The fourth-order valence-electron chi connectivity index (χ4n) is 2.89. The lowest BCUT2D eigenvalue weighted by Gasteiger charge is -2.34. The molecule has 0 radical (unpaired) electrons. The second kappa shape index (κ2) is 5.28. The van der Waals surface area contributed by atoms with E-state index >= 15 is 0 Å². The quantitative estimate of drug-likeness (QED) is 0.919. The van der Waals surface area contributed by atoms with Gasteiger partial charge in [-0.05, 0) is 50.2 Å². The minimum absolute atomic E-state index is 0.131. The Bertz CT molecular complexity index is 598. The van der Waals surface area contributed by atoms with E-state index in [0.29, 0.717) is 6.04 Å². The summed E-state index contributed by atoms with van der Waals surface area (Å²) in [5.74, 6) is 0. The molecule has 1 N–H and O–H groups in total. The summed E-state index contributed by atoms with van der Waals surface area (Å²) in [7, 11) is 4.27. The van der Waals surface area contributed by atoms with E-state index in [-0.39, 0.29) is 5.54 Å². The van der Waals surface area contributed by atoms with Crippen molar-refractivity contribution in [1.82, 2.24) is 10.2 Å². The van der Waals surface area contributed by atoms with Gasteiger partial charge in [-0.2, -0.15) is 0 Å². The third-order valence-electron chi connectivity index (χ3n) is 4.78. The van der Waals surface area contributed by atoms with Crippen LogP contribution in [0.15, 0.2) is 48.5 Å². The minimum Gasteiger partial charge on any atom is -0.304 e. The largest absolute Gasteiger partial charge is 0.304 e. The molecule has 0 unspecified atom stereocenters. The van der Waals surface area contributed by atoms with Crippen LogP contribution in [0, 0.1) is 0 Å². The van der Waals surface area contributed by atoms with Crippen LogP contribution in [0.2, 0.25) is 0 Å². The van der Waals surface area contributed by atoms with E-state index in [1.54, 1.807) is 0 Å². The fourth-order valence-corrected chi connectivity index (χ4v) is 2.89. The fraction of sp³-hybridized carbons (Fsp3) is 0.368. The topological polar surface area (TPSA) is 15.3 Å². The smallest absolute Gasteiger partial charge is 0.0589 e. The number of hydrogen-bond acceptors (Lipinski definition) is 2. The molecule has 0 bridgehead atoms. The summed E-state index contributed by atoms with van der Waals surface area (Å²) in [5.41, 5.74) is 5.66. The van der Waals surface area contributed by atoms with Gasteiger partial charge < -0.3 is 10.2 Å². The first-order chi connectivity index (χ1) is 10.0. The number of likely N-dealkylation sites (N-methyl/N-ethyl adjacent to an activating group) is 1. The van der Waals surface area contributed by atoms with Crippen molar-refractivity contribution in [2.24, 2.45) is 0 Å². The van der Waals surface area contributed by atoms with Crippen molar-refractivity contribution in [3.63, 3.8) is 0 Å². The average Bonchev–Trinajstić information content (AvgIpc) is 2.79. The van der Waals surface area contributed by atoms with Crippen LogP contribution in [0.3, 0.4) is 0 Å². The summed E-state index contributed by atoms with van der Waals surface area (Å²) in [5, 5.41) is 3.77. The first-order valence-corrected chi connectivity index (χ1v) is 7.60. The molecule has 0 atom stereocenters. The molecule has 0 aliphatic heterocycles. The van der Waals surface area contributed by atoms with Gasteiger partial charge in [-0.1, -0.05) is 48.5 Å². The van der Waals surface area contributed by atoms with Crippen molar-refractivity contribution in [3.8, 4) is 11.1 Å². The van der Waals surface area contributed by atoms with Gasteiger partial charge in [-0.25, -0.2) is 0 Å². The zero-order chi connectivity index (χ0) is 15.0. The summed E-state index contributed by atoms with van der Waals surface area (Å²) >= 11 is 0. The number of nitrogens with one attached hydrogen (secondary N) is 1. The molecule has 21 heavy (non-hydrogen) atoms. The first kappa shape index (κ1) is 14.3. The monoisotopic (exact) mass is 280 g/mol. The standard InChI is InChI=1S/C19H24N2/c1-19(2,21(3)4)13-20-18-16-11-7-5-9-14(16)15-10-6-8-12-17(15)18/h5-12,18,20H,13H2,1-4H3. The Balaban J connectivity index is 1.92. The van der Waals surface area contributed by atoms with Crippen molar-refractivity contribution in [3.05, 3.63) is 59.7 Å². The highest BCUT2D eigenvalue weighted by molar-refractivity contribution is 5.78. The Morgan fingerprint density at radius 2 is 1.38 bits per heavy atom. The molecule has 2 aromatic carbocycles. The molecule has 2 aromatic rings. The molecular weight excluding hydrogens is 256 g/mol. The molecule has 1 aliphatic carbocycles. The molecule has 110 valence electrons. The Hall–Kier alpha value is -1.64. The normalized spacial score (nSPS) is 14.3. The molecule has 2 heteroatoms. The highest BCUT2D eigenvalue weighted by atomic mass is 15.2. The average molecular weight is 280 g/mol. The van der Waals surface area contributed by atoms with E-state index in [1.165, 1.54) is 22.3 Å². The van der Waals surface area contributed by atoms with Crippen LogP contribution in [-0.2, 0) is 0 Å². The Kier molecular flexibility index (Phi) is 3.60. The van der Waals surface area contributed by atoms with Crippen LogP contribution in [0.5, 0.6) is 0 Å². The van der Waals surface area contributed by atoms with Gasteiger partial charge in [-0.3, -0.25) is 0 Å². The van der Waals surface area contributed by atoms with E-state index in [1.807, 2.05) is 0 Å². The molecule has 0 amide bonds. The second-order valence-corrected chi connectivity index (χ2v) is 6.70. The first-order valence-electron chi connectivity index (χ1n) is 7.60. The maximum Gasteiger partial charge on any atom is 0.0589 e. The zero-order valence-electron chi connectivity index (χ0n) is 13.4. The Morgan fingerprint density at radius 3 is 1.86 bits per heavy atom. The number of nitrogens with zero attached hydrogens (tertiary/aromatic N) is 1. The van der Waals surface area contributed by atoms with Crippen LogP contribution in [0.4, 0.5) is 0 Å².